The molecule has 0 saturated heterocycles. The van der Waals surface area contributed by atoms with E-state index < -0.39 is 0 Å². The number of nitrogens with two attached hydrogens (primary N) is 1. The first-order chi connectivity index (χ1) is 9.10. The van der Waals surface area contributed by atoms with Crippen molar-refractivity contribution in [2.24, 2.45) is 11.7 Å². The van der Waals surface area contributed by atoms with Crippen LogP contribution in [0.3, 0.4) is 0 Å². The van der Waals surface area contributed by atoms with Gasteiger partial charge in [-0.3, -0.25) is 4.79 Å². The second kappa shape index (κ2) is 8.51. The highest BCUT2D eigenvalue weighted by molar-refractivity contribution is 5.79. The maximum Gasteiger partial charge on any atom is 0.226 e. The fourth-order valence-corrected chi connectivity index (χ4v) is 2.67. The van der Waals surface area contributed by atoms with Gasteiger partial charge in [0, 0.05) is 32.7 Å². The molecule has 1 aliphatic rings. The summed E-state index contributed by atoms with van der Waals surface area (Å²) in [5, 5.41) is 0. The van der Waals surface area contributed by atoms with Gasteiger partial charge < -0.3 is 20.1 Å². The molecular weight excluding hydrogens is 244 g/mol. The summed E-state index contributed by atoms with van der Waals surface area (Å²) in [7, 11) is 3.32. The molecule has 1 rings (SSSR count). The van der Waals surface area contributed by atoms with Crippen LogP contribution in [-0.2, 0) is 14.3 Å². The van der Waals surface area contributed by atoms with Crippen LogP contribution in [0.25, 0.3) is 0 Å². The largest absolute Gasteiger partial charge is 0.383 e. The minimum Gasteiger partial charge on any atom is -0.383 e. The van der Waals surface area contributed by atoms with Gasteiger partial charge in [0.15, 0.2) is 0 Å². The van der Waals surface area contributed by atoms with E-state index in [-0.39, 0.29) is 23.9 Å². The zero-order valence-electron chi connectivity index (χ0n) is 12.4. The average molecular weight is 272 g/mol. The van der Waals surface area contributed by atoms with E-state index in [0.717, 1.165) is 25.7 Å². The molecule has 1 atom stereocenters. The Morgan fingerprint density at radius 2 is 1.89 bits per heavy atom. The Morgan fingerprint density at radius 3 is 2.42 bits per heavy atom. The third-order valence-electron chi connectivity index (χ3n) is 3.88. The fourth-order valence-electron chi connectivity index (χ4n) is 2.67. The predicted molar refractivity (Wildman–Crippen MR) is 74.9 cm³/mol. The summed E-state index contributed by atoms with van der Waals surface area (Å²) in [5.41, 5.74) is 5.90. The molecule has 19 heavy (non-hydrogen) atoms. The molecule has 0 bridgehead atoms. The van der Waals surface area contributed by atoms with Gasteiger partial charge in [-0.1, -0.05) is 0 Å². The number of methoxy groups -OCH3 is 2. The van der Waals surface area contributed by atoms with Crippen molar-refractivity contribution in [3.05, 3.63) is 0 Å². The smallest absolute Gasteiger partial charge is 0.226 e. The van der Waals surface area contributed by atoms with Crippen LogP contribution in [0.1, 0.15) is 32.6 Å². The highest BCUT2D eigenvalue weighted by Gasteiger charge is 2.30. The molecule has 0 radical (unpaired) electrons. The summed E-state index contributed by atoms with van der Waals surface area (Å²) in [5.74, 6) is 0.351. The number of hydrogen-bond acceptors (Lipinski definition) is 4. The van der Waals surface area contributed by atoms with Crippen LogP contribution >= 0.6 is 0 Å². The zero-order chi connectivity index (χ0) is 14.3. The molecule has 0 aromatic carbocycles. The van der Waals surface area contributed by atoms with Gasteiger partial charge in [-0.15, -0.1) is 0 Å². The first-order valence-corrected chi connectivity index (χ1v) is 7.14. The molecule has 1 saturated carbocycles. The topological polar surface area (TPSA) is 64.8 Å². The number of carbonyl (C=O) groups is 1. The van der Waals surface area contributed by atoms with E-state index >= 15 is 0 Å². The second-order valence-corrected chi connectivity index (χ2v) is 5.44. The van der Waals surface area contributed by atoms with Crippen LogP contribution in [0.15, 0.2) is 0 Å². The van der Waals surface area contributed by atoms with E-state index in [0.29, 0.717) is 19.8 Å². The lowest BCUT2D eigenvalue weighted by molar-refractivity contribution is -0.140. The van der Waals surface area contributed by atoms with Crippen molar-refractivity contribution in [3.63, 3.8) is 0 Å². The highest BCUT2D eigenvalue weighted by Crippen LogP contribution is 2.25. The van der Waals surface area contributed by atoms with Crippen LogP contribution in [0, 0.1) is 5.92 Å². The Bertz CT molecular complexity index is 265. The molecular formula is C14H28N2O3. The normalized spacial score (nSPS) is 25.1. The van der Waals surface area contributed by atoms with Gasteiger partial charge in [-0.2, -0.15) is 0 Å². The molecule has 5 heteroatoms. The van der Waals surface area contributed by atoms with Gasteiger partial charge in [-0.05, 0) is 32.6 Å². The van der Waals surface area contributed by atoms with Gasteiger partial charge >= 0.3 is 0 Å². The molecule has 1 unspecified atom stereocenters. The van der Waals surface area contributed by atoms with Crippen molar-refractivity contribution in [1.82, 2.24) is 4.90 Å². The first-order valence-electron chi connectivity index (χ1n) is 7.14. The predicted octanol–water partition coefficient (Wildman–Crippen LogP) is 1.01. The number of rotatable bonds is 7. The minimum atomic E-state index is 0.0863. The van der Waals surface area contributed by atoms with Crippen molar-refractivity contribution in [3.8, 4) is 0 Å². The van der Waals surface area contributed by atoms with E-state index in [1.807, 2.05) is 11.8 Å². The quantitative estimate of drug-likeness (QED) is 0.751. The summed E-state index contributed by atoms with van der Waals surface area (Å²) in [4.78, 5) is 14.5. The summed E-state index contributed by atoms with van der Waals surface area (Å²) >= 11 is 0. The van der Waals surface area contributed by atoms with Crippen LogP contribution in [0.4, 0.5) is 0 Å². The van der Waals surface area contributed by atoms with Gasteiger partial charge in [-0.25, -0.2) is 0 Å². The lowest BCUT2D eigenvalue weighted by Crippen LogP contribution is -2.47. The summed E-state index contributed by atoms with van der Waals surface area (Å²) in [6, 6.07) is 0.358. The number of hydrogen-bond donors (Lipinski definition) is 1. The van der Waals surface area contributed by atoms with Crippen LogP contribution in [-0.4, -0.2) is 56.9 Å². The molecule has 1 aliphatic carbocycles. The zero-order valence-corrected chi connectivity index (χ0v) is 12.4. The SMILES string of the molecule is COCCN(C(=O)C1CCC(N)CC1)C(C)COC. The summed E-state index contributed by atoms with van der Waals surface area (Å²) in [6.45, 7) is 3.77. The van der Waals surface area contributed by atoms with E-state index in [1.54, 1.807) is 14.2 Å². The molecule has 2 N–H and O–H groups in total. The van der Waals surface area contributed by atoms with Gasteiger partial charge in [0.1, 0.15) is 0 Å². The Kier molecular flexibility index (Phi) is 7.34. The van der Waals surface area contributed by atoms with Gasteiger partial charge in [0.2, 0.25) is 5.91 Å². The molecule has 5 nitrogen and oxygen atoms in total. The molecule has 0 aliphatic heterocycles. The highest BCUT2D eigenvalue weighted by atomic mass is 16.5. The third kappa shape index (κ3) is 5.09. The Balaban J connectivity index is 2.59. The number of nitrogens with zero attached hydrogens (tertiary/aromatic N) is 1. The third-order valence-corrected chi connectivity index (χ3v) is 3.88. The van der Waals surface area contributed by atoms with Crippen molar-refractivity contribution in [2.75, 3.05) is 34.0 Å². The second-order valence-electron chi connectivity index (χ2n) is 5.44. The van der Waals surface area contributed by atoms with Crippen molar-refractivity contribution >= 4 is 5.91 Å². The summed E-state index contributed by atoms with van der Waals surface area (Å²) in [6.07, 6.45) is 3.72. The van der Waals surface area contributed by atoms with E-state index in [1.165, 1.54) is 0 Å². The minimum absolute atomic E-state index is 0.0863. The molecule has 0 aromatic rings. The van der Waals surface area contributed by atoms with Crippen molar-refractivity contribution in [2.45, 2.75) is 44.7 Å². The molecule has 1 amide bonds. The molecule has 0 spiro atoms. The van der Waals surface area contributed by atoms with Gasteiger partial charge in [0.05, 0.1) is 19.3 Å². The maximum absolute atomic E-state index is 12.6. The van der Waals surface area contributed by atoms with Crippen LogP contribution in [0.5, 0.6) is 0 Å². The Hall–Kier alpha value is -0.650. The van der Waals surface area contributed by atoms with Crippen molar-refractivity contribution < 1.29 is 14.3 Å². The molecule has 0 heterocycles. The molecule has 1 fully saturated rings. The number of carbonyl (C=O) groups excluding carboxylic acids is 1. The standard InChI is InChI=1S/C14H28N2O3/c1-11(10-19-3)16(8-9-18-2)14(17)12-4-6-13(15)7-5-12/h11-13H,4-10,15H2,1-3H3. The lowest BCUT2D eigenvalue weighted by Gasteiger charge is -2.34. The van der Waals surface area contributed by atoms with E-state index in [2.05, 4.69) is 0 Å². The number of ether oxygens (including phenoxy) is 2. The maximum atomic E-state index is 12.6. The van der Waals surface area contributed by atoms with Crippen LogP contribution in [0.2, 0.25) is 0 Å². The Labute approximate surface area is 116 Å². The number of amides is 1. The fraction of sp³-hybridized carbons (Fsp3) is 0.929. The Morgan fingerprint density at radius 1 is 1.26 bits per heavy atom. The van der Waals surface area contributed by atoms with Crippen molar-refractivity contribution in [1.29, 1.82) is 0 Å². The average Bonchev–Trinajstić information content (AvgIpc) is 2.40. The molecule has 0 aromatic heterocycles. The van der Waals surface area contributed by atoms with E-state index in [4.69, 9.17) is 15.2 Å². The molecule has 112 valence electrons. The van der Waals surface area contributed by atoms with E-state index in [9.17, 15) is 4.79 Å². The summed E-state index contributed by atoms with van der Waals surface area (Å²) < 4.78 is 10.3. The van der Waals surface area contributed by atoms with Gasteiger partial charge in [0.25, 0.3) is 0 Å². The first kappa shape index (κ1) is 16.4. The monoisotopic (exact) mass is 272 g/mol. The van der Waals surface area contributed by atoms with Crippen LogP contribution < -0.4 is 5.73 Å². The lowest BCUT2D eigenvalue weighted by atomic mass is 9.85.